The highest BCUT2D eigenvalue weighted by atomic mass is 16.2. The van der Waals surface area contributed by atoms with E-state index in [1.54, 1.807) is 18.5 Å². The zero-order chi connectivity index (χ0) is 20.3. The molecule has 1 atom stereocenters. The number of anilines is 1. The minimum atomic E-state index is -0.548. The molecule has 1 aromatic heterocycles. The number of unbranched alkanes of at least 4 members (excludes halogenated alkanes) is 1. The highest BCUT2D eigenvalue weighted by Gasteiger charge is 2.13. The standard InChI is InChI=1S/C23H27N5O/c24-21(17-18-9-11-20(12-10-18)19-7-2-1-3-8-19)22(29)25-13-4-5-14-26-23-27-15-6-16-28-23/h1-3,6-12,15-16,21H,4-5,13-14,17,24H2,(H,25,29)(H,26,27,28)/t21-/m0/s1. The van der Waals surface area contributed by atoms with Crippen LogP contribution in [-0.4, -0.2) is 35.0 Å². The van der Waals surface area contributed by atoms with E-state index >= 15 is 0 Å². The molecule has 2 aromatic carbocycles. The van der Waals surface area contributed by atoms with E-state index in [1.165, 1.54) is 5.56 Å². The van der Waals surface area contributed by atoms with E-state index in [9.17, 15) is 4.79 Å². The summed E-state index contributed by atoms with van der Waals surface area (Å²) < 4.78 is 0. The number of carbonyl (C=O) groups is 1. The van der Waals surface area contributed by atoms with Crippen LogP contribution in [0.2, 0.25) is 0 Å². The molecule has 150 valence electrons. The van der Waals surface area contributed by atoms with Crippen molar-refractivity contribution in [2.24, 2.45) is 5.73 Å². The molecule has 1 heterocycles. The van der Waals surface area contributed by atoms with Crippen LogP contribution < -0.4 is 16.4 Å². The third-order valence-corrected chi connectivity index (χ3v) is 4.61. The van der Waals surface area contributed by atoms with Crippen molar-refractivity contribution in [1.82, 2.24) is 15.3 Å². The van der Waals surface area contributed by atoms with Crippen LogP contribution in [0.15, 0.2) is 73.1 Å². The van der Waals surface area contributed by atoms with Crippen LogP contribution in [0.25, 0.3) is 11.1 Å². The van der Waals surface area contributed by atoms with Gasteiger partial charge in [-0.25, -0.2) is 9.97 Å². The monoisotopic (exact) mass is 389 g/mol. The van der Waals surface area contributed by atoms with Crippen molar-refractivity contribution < 1.29 is 4.79 Å². The number of rotatable bonds is 10. The van der Waals surface area contributed by atoms with Crippen molar-refractivity contribution in [2.45, 2.75) is 25.3 Å². The fourth-order valence-corrected chi connectivity index (χ4v) is 2.99. The lowest BCUT2D eigenvalue weighted by Gasteiger charge is -2.13. The maximum absolute atomic E-state index is 12.2. The Labute approximate surface area is 171 Å². The molecule has 0 aliphatic carbocycles. The quantitative estimate of drug-likeness (QED) is 0.464. The molecule has 0 spiro atoms. The number of nitrogens with two attached hydrogens (primary N) is 1. The summed E-state index contributed by atoms with van der Waals surface area (Å²) in [5.41, 5.74) is 9.46. The Bertz CT molecular complexity index is 869. The number of carbonyl (C=O) groups excluding carboxylic acids is 1. The zero-order valence-corrected chi connectivity index (χ0v) is 16.4. The van der Waals surface area contributed by atoms with Gasteiger partial charge >= 0.3 is 0 Å². The van der Waals surface area contributed by atoms with E-state index in [1.807, 2.05) is 30.3 Å². The average Bonchev–Trinajstić information content (AvgIpc) is 2.78. The maximum atomic E-state index is 12.2. The van der Waals surface area contributed by atoms with Crippen molar-refractivity contribution in [3.63, 3.8) is 0 Å². The largest absolute Gasteiger partial charge is 0.355 e. The summed E-state index contributed by atoms with van der Waals surface area (Å²) in [4.78, 5) is 20.4. The molecule has 29 heavy (non-hydrogen) atoms. The molecule has 1 amide bonds. The van der Waals surface area contributed by atoms with E-state index in [0.29, 0.717) is 18.9 Å². The zero-order valence-electron chi connectivity index (χ0n) is 16.4. The molecule has 0 saturated heterocycles. The van der Waals surface area contributed by atoms with Crippen molar-refractivity contribution in [3.05, 3.63) is 78.6 Å². The van der Waals surface area contributed by atoms with Gasteiger partial charge in [0.15, 0.2) is 0 Å². The average molecular weight is 390 g/mol. The van der Waals surface area contributed by atoms with Crippen LogP contribution in [0.3, 0.4) is 0 Å². The molecule has 0 radical (unpaired) electrons. The fraction of sp³-hybridized carbons (Fsp3) is 0.261. The van der Waals surface area contributed by atoms with Gasteiger partial charge in [-0.05, 0) is 42.0 Å². The van der Waals surface area contributed by atoms with Crippen LogP contribution in [0.4, 0.5) is 5.95 Å². The van der Waals surface area contributed by atoms with Crippen LogP contribution in [0, 0.1) is 0 Å². The van der Waals surface area contributed by atoms with Gasteiger partial charge in [-0.3, -0.25) is 4.79 Å². The van der Waals surface area contributed by atoms with E-state index < -0.39 is 6.04 Å². The third kappa shape index (κ3) is 6.69. The highest BCUT2D eigenvalue weighted by Crippen LogP contribution is 2.19. The first-order valence-corrected chi connectivity index (χ1v) is 9.91. The van der Waals surface area contributed by atoms with Crippen LogP contribution in [0.5, 0.6) is 0 Å². The molecule has 3 aromatic rings. The van der Waals surface area contributed by atoms with Crippen LogP contribution >= 0.6 is 0 Å². The van der Waals surface area contributed by atoms with Crippen molar-refractivity contribution in [3.8, 4) is 11.1 Å². The molecule has 0 aliphatic rings. The molecule has 0 aliphatic heterocycles. The molecule has 4 N–H and O–H groups in total. The SMILES string of the molecule is N[C@@H](Cc1ccc(-c2ccccc2)cc1)C(=O)NCCCCNc1ncccn1. The van der Waals surface area contributed by atoms with Gasteiger partial charge in [0.05, 0.1) is 6.04 Å². The molecule has 6 nitrogen and oxygen atoms in total. The Morgan fingerprint density at radius 1 is 0.862 bits per heavy atom. The smallest absolute Gasteiger partial charge is 0.237 e. The van der Waals surface area contributed by atoms with Gasteiger partial charge in [-0.15, -0.1) is 0 Å². The van der Waals surface area contributed by atoms with Crippen molar-refractivity contribution >= 4 is 11.9 Å². The Balaban J connectivity index is 1.34. The first kappa shape index (κ1) is 20.5. The minimum absolute atomic E-state index is 0.114. The topological polar surface area (TPSA) is 92.9 Å². The van der Waals surface area contributed by atoms with E-state index in [0.717, 1.165) is 30.5 Å². The van der Waals surface area contributed by atoms with Gasteiger partial charge in [-0.2, -0.15) is 0 Å². The van der Waals surface area contributed by atoms with E-state index in [2.05, 4.69) is 44.9 Å². The summed E-state index contributed by atoms with van der Waals surface area (Å²) in [5, 5.41) is 6.06. The van der Waals surface area contributed by atoms with Crippen LogP contribution in [-0.2, 0) is 11.2 Å². The third-order valence-electron chi connectivity index (χ3n) is 4.61. The molecular formula is C23H27N5O. The fourth-order valence-electron chi connectivity index (χ4n) is 2.99. The van der Waals surface area contributed by atoms with E-state index in [-0.39, 0.29) is 5.91 Å². The molecule has 0 unspecified atom stereocenters. The maximum Gasteiger partial charge on any atom is 0.237 e. The lowest BCUT2D eigenvalue weighted by atomic mass is 10.0. The van der Waals surface area contributed by atoms with Crippen molar-refractivity contribution in [2.75, 3.05) is 18.4 Å². The predicted molar refractivity (Wildman–Crippen MR) is 116 cm³/mol. The number of hydrogen-bond donors (Lipinski definition) is 3. The van der Waals surface area contributed by atoms with Gasteiger partial charge in [0.1, 0.15) is 0 Å². The Morgan fingerprint density at radius 2 is 1.52 bits per heavy atom. The van der Waals surface area contributed by atoms with Gasteiger partial charge in [0.25, 0.3) is 0 Å². The van der Waals surface area contributed by atoms with Gasteiger partial charge < -0.3 is 16.4 Å². The number of aromatic nitrogens is 2. The number of hydrogen-bond acceptors (Lipinski definition) is 5. The second-order valence-corrected chi connectivity index (χ2v) is 6.87. The van der Waals surface area contributed by atoms with E-state index in [4.69, 9.17) is 5.73 Å². The molecule has 0 fully saturated rings. The van der Waals surface area contributed by atoms with Crippen molar-refractivity contribution in [1.29, 1.82) is 0 Å². The van der Waals surface area contributed by atoms with Gasteiger partial charge in [-0.1, -0.05) is 54.6 Å². The van der Waals surface area contributed by atoms with Crippen LogP contribution in [0.1, 0.15) is 18.4 Å². The second-order valence-electron chi connectivity index (χ2n) is 6.87. The summed E-state index contributed by atoms with van der Waals surface area (Å²) in [6, 6.07) is 19.6. The lowest BCUT2D eigenvalue weighted by molar-refractivity contribution is -0.122. The Kier molecular flexibility index (Phi) is 7.72. The summed E-state index contributed by atoms with van der Waals surface area (Å²) >= 11 is 0. The Morgan fingerprint density at radius 3 is 2.24 bits per heavy atom. The normalized spacial score (nSPS) is 11.6. The summed E-state index contributed by atoms with van der Waals surface area (Å²) in [6.07, 6.45) is 5.70. The van der Waals surface area contributed by atoms with Gasteiger partial charge in [0, 0.05) is 25.5 Å². The summed E-state index contributed by atoms with van der Waals surface area (Å²) in [5.74, 6) is 0.508. The number of nitrogens with one attached hydrogen (secondary N) is 2. The molecule has 0 bridgehead atoms. The van der Waals surface area contributed by atoms with Gasteiger partial charge in [0.2, 0.25) is 11.9 Å². The molecule has 0 saturated carbocycles. The molecular weight excluding hydrogens is 362 g/mol. The number of nitrogens with zero attached hydrogens (tertiary/aromatic N) is 2. The summed E-state index contributed by atoms with van der Waals surface area (Å²) in [6.45, 7) is 1.37. The first-order chi connectivity index (χ1) is 14.2. The summed E-state index contributed by atoms with van der Waals surface area (Å²) in [7, 11) is 0. The number of amides is 1. The first-order valence-electron chi connectivity index (χ1n) is 9.91. The lowest BCUT2D eigenvalue weighted by Crippen LogP contribution is -2.42. The highest BCUT2D eigenvalue weighted by molar-refractivity contribution is 5.81. The number of benzene rings is 2. The predicted octanol–water partition coefficient (Wildman–Crippen LogP) is 3.02. The molecule has 6 heteroatoms. The minimum Gasteiger partial charge on any atom is -0.355 e. The second kappa shape index (κ2) is 10.9. The molecule has 3 rings (SSSR count). The Hall–Kier alpha value is -3.25.